The number of hydrogen-bond acceptors (Lipinski definition) is 4. The van der Waals surface area contributed by atoms with Crippen molar-refractivity contribution in [2.24, 2.45) is 0 Å². The highest BCUT2D eigenvalue weighted by atomic mass is 16.5. The third-order valence-electron chi connectivity index (χ3n) is 6.25. The Kier molecular flexibility index (Phi) is 5.50. The molecule has 0 aliphatic carbocycles. The monoisotopic (exact) mass is 445 g/mol. The molecule has 34 heavy (non-hydrogen) atoms. The third-order valence-corrected chi connectivity index (χ3v) is 6.25. The molecule has 0 aliphatic heterocycles. The van der Waals surface area contributed by atoms with Gasteiger partial charge in [0.2, 0.25) is 0 Å². The van der Waals surface area contributed by atoms with Crippen LogP contribution < -0.4 is 9.64 Å². The molecule has 5 aromatic rings. The summed E-state index contributed by atoms with van der Waals surface area (Å²) in [5.41, 5.74) is 8.97. The van der Waals surface area contributed by atoms with Gasteiger partial charge in [0.25, 0.3) is 0 Å². The van der Waals surface area contributed by atoms with Gasteiger partial charge in [0.05, 0.1) is 23.8 Å². The van der Waals surface area contributed by atoms with Crippen molar-refractivity contribution in [3.8, 4) is 5.75 Å². The van der Waals surface area contributed by atoms with Crippen molar-refractivity contribution in [2.75, 3.05) is 19.1 Å². The molecule has 0 bridgehead atoms. The Labute approximate surface area is 200 Å². The smallest absolute Gasteiger partial charge is 0.126 e. The minimum absolute atomic E-state index is 0.788. The number of pyridine rings is 2. The van der Waals surface area contributed by atoms with Crippen LogP contribution in [-0.2, 0) is 0 Å². The van der Waals surface area contributed by atoms with Crippen LogP contribution in [0.15, 0.2) is 85.4 Å². The zero-order chi connectivity index (χ0) is 23.8. The van der Waals surface area contributed by atoms with Crippen LogP contribution in [0.3, 0.4) is 0 Å². The summed E-state index contributed by atoms with van der Waals surface area (Å²) < 4.78 is 5.76. The van der Waals surface area contributed by atoms with E-state index in [2.05, 4.69) is 67.1 Å². The van der Waals surface area contributed by atoms with Crippen molar-refractivity contribution in [1.82, 2.24) is 9.97 Å². The lowest BCUT2D eigenvalue weighted by Gasteiger charge is -2.24. The van der Waals surface area contributed by atoms with Crippen molar-refractivity contribution in [3.05, 3.63) is 108 Å². The molecule has 0 saturated carbocycles. The normalized spacial score (nSPS) is 11.1. The molecule has 0 fully saturated rings. The Bertz CT molecular complexity index is 1550. The number of aryl methyl sites for hydroxylation is 2. The zero-order valence-corrected chi connectivity index (χ0v) is 20.0. The summed E-state index contributed by atoms with van der Waals surface area (Å²) in [6.45, 7) is 8.54. The van der Waals surface area contributed by atoms with Crippen LogP contribution >= 0.6 is 0 Å². The van der Waals surface area contributed by atoms with Crippen LogP contribution in [0.25, 0.3) is 27.4 Å². The molecule has 4 nitrogen and oxygen atoms in total. The van der Waals surface area contributed by atoms with Gasteiger partial charge in [0, 0.05) is 40.5 Å². The number of benzene rings is 3. The molecular formula is C30H27N3O. The maximum absolute atomic E-state index is 5.76. The van der Waals surface area contributed by atoms with Crippen molar-refractivity contribution >= 4 is 38.8 Å². The third kappa shape index (κ3) is 3.77. The van der Waals surface area contributed by atoms with E-state index in [-0.39, 0.29) is 0 Å². The number of ether oxygens (including phenoxy) is 1. The second-order valence-electron chi connectivity index (χ2n) is 8.55. The van der Waals surface area contributed by atoms with Gasteiger partial charge in [-0.2, -0.15) is 0 Å². The van der Waals surface area contributed by atoms with Gasteiger partial charge in [-0.25, -0.2) is 0 Å². The quantitative estimate of drug-likeness (QED) is 0.286. The summed E-state index contributed by atoms with van der Waals surface area (Å²) in [5, 5.41) is 2.19. The van der Waals surface area contributed by atoms with Gasteiger partial charge in [-0.3, -0.25) is 9.97 Å². The standard InChI is InChI=1S/C30H27N3O/c1-19-16-25(23-10-6-8-12-27(23)31-19)21(3)26-18-22(14-15-30(26)34-5)33(4)29-17-20(2)32-28-13-9-7-11-24(28)29/h6-18H,3H2,1-2,4-5H3. The van der Waals surface area contributed by atoms with E-state index in [9.17, 15) is 0 Å². The van der Waals surface area contributed by atoms with Crippen molar-refractivity contribution < 1.29 is 4.74 Å². The first-order valence-corrected chi connectivity index (χ1v) is 11.3. The number of anilines is 2. The summed E-state index contributed by atoms with van der Waals surface area (Å²) in [6.07, 6.45) is 0. The average Bonchev–Trinajstić information content (AvgIpc) is 2.86. The fourth-order valence-corrected chi connectivity index (χ4v) is 4.55. The number of para-hydroxylation sites is 2. The summed E-state index contributed by atoms with van der Waals surface area (Å²) in [7, 11) is 3.78. The second-order valence-corrected chi connectivity index (χ2v) is 8.55. The van der Waals surface area contributed by atoms with Gasteiger partial charge < -0.3 is 9.64 Å². The van der Waals surface area contributed by atoms with Crippen molar-refractivity contribution in [3.63, 3.8) is 0 Å². The van der Waals surface area contributed by atoms with E-state index in [4.69, 9.17) is 14.7 Å². The van der Waals surface area contributed by atoms with Gasteiger partial charge in [0.15, 0.2) is 0 Å². The van der Waals surface area contributed by atoms with Crippen molar-refractivity contribution in [1.29, 1.82) is 0 Å². The topological polar surface area (TPSA) is 38.2 Å². The fourth-order valence-electron chi connectivity index (χ4n) is 4.55. The molecule has 0 amide bonds. The van der Waals surface area contributed by atoms with E-state index < -0.39 is 0 Å². The maximum atomic E-state index is 5.76. The summed E-state index contributed by atoms with van der Waals surface area (Å²) >= 11 is 0. The van der Waals surface area contributed by atoms with Crippen LogP contribution in [0.2, 0.25) is 0 Å². The van der Waals surface area contributed by atoms with E-state index in [1.54, 1.807) is 7.11 Å². The van der Waals surface area contributed by atoms with Gasteiger partial charge in [-0.15, -0.1) is 0 Å². The molecule has 5 rings (SSSR count). The fraction of sp³-hybridized carbons (Fsp3) is 0.133. The molecule has 168 valence electrons. The van der Waals surface area contributed by atoms with E-state index in [0.717, 1.165) is 67.0 Å². The van der Waals surface area contributed by atoms with E-state index in [1.807, 2.05) is 44.2 Å². The minimum atomic E-state index is 0.788. The van der Waals surface area contributed by atoms with Crippen LogP contribution in [0.1, 0.15) is 22.5 Å². The Morgan fingerprint density at radius 1 is 0.765 bits per heavy atom. The summed E-state index contributed by atoms with van der Waals surface area (Å²) in [6, 6.07) is 26.9. The molecule has 0 unspecified atom stereocenters. The molecule has 0 atom stereocenters. The Morgan fingerprint density at radius 3 is 2.09 bits per heavy atom. The lowest BCUT2D eigenvalue weighted by Crippen LogP contribution is -2.11. The largest absolute Gasteiger partial charge is 0.496 e. The predicted molar refractivity (Wildman–Crippen MR) is 142 cm³/mol. The van der Waals surface area contributed by atoms with E-state index >= 15 is 0 Å². The maximum Gasteiger partial charge on any atom is 0.126 e. The number of rotatable bonds is 5. The lowest BCUT2D eigenvalue weighted by atomic mass is 9.94. The molecule has 4 heteroatoms. The summed E-state index contributed by atoms with van der Waals surface area (Å²) in [4.78, 5) is 11.6. The number of methoxy groups -OCH3 is 1. The molecular weight excluding hydrogens is 418 g/mol. The van der Waals surface area contributed by atoms with Gasteiger partial charge >= 0.3 is 0 Å². The molecule has 2 heterocycles. The SMILES string of the molecule is C=C(c1cc(N(C)c2cc(C)nc3ccccc23)ccc1OC)c1cc(C)nc2ccccc12. The van der Waals surface area contributed by atoms with Crippen LogP contribution in [0, 0.1) is 13.8 Å². The molecule has 3 aromatic carbocycles. The van der Waals surface area contributed by atoms with Crippen LogP contribution in [-0.4, -0.2) is 24.1 Å². The van der Waals surface area contributed by atoms with E-state index in [0.29, 0.717) is 0 Å². The highest BCUT2D eigenvalue weighted by Gasteiger charge is 2.17. The lowest BCUT2D eigenvalue weighted by molar-refractivity contribution is 0.413. The summed E-state index contributed by atoms with van der Waals surface area (Å²) in [5.74, 6) is 0.788. The van der Waals surface area contributed by atoms with Crippen molar-refractivity contribution in [2.45, 2.75) is 13.8 Å². The highest BCUT2D eigenvalue weighted by molar-refractivity contribution is 5.98. The zero-order valence-electron chi connectivity index (χ0n) is 20.0. The first kappa shape index (κ1) is 21.7. The Morgan fingerprint density at radius 2 is 1.38 bits per heavy atom. The first-order valence-electron chi connectivity index (χ1n) is 11.3. The Balaban J connectivity index is 1.65. The van der Waals surface area contributed by atoms with Gasteiger partial charge in [-0.1, -0.05) is 43.0 Å². The number of fused-ring (bicyclic) bond motifs is 2. The molecule has 0 saturated heterocycles. The number of nitrogens with zero attached hydrogens (tertiary/aromatic N) is 3. The average molecular weight is 446 g/mol. The highest BCUT2D eigenvalue weighted by Crippen LogP contribution is 2.38. The number of aromatic nitrogens is 2. The molecule has 0 spiro atoms. The van der Waals surface area contributed by atoms with Gasteiger partial charge in [0.1, 0.15) is 5.75 Å². The van der Waals surface area contributed by atoms with E-state index in [1.165, 1.54) is 0 Å². The van der Waals surface area contributed by atoms with Gasteiger partial charge in [-0.05, 0) is 67.4 Å². The second kappa shape index (κ2) is 8.64. The predicted octanol–water partition coefficient (Wildman–Crippen LogP) is 7.24. The molecule has 0 radical (unpaired) electrons. The first-order chi connectivity index (χ1) is 16.5. The molecule has 0 aliphatic rings. The molecule has 2 aromatic heterocycles. The number of hydrogen-bond donors (Lipinski definition) is 0. The minimum Gasteiger partial charge on any atom is -0.496 e. The van der Waals surface area contributed by atoms with Crippen LogP contribution in [0.5, 0.6) is 5.75 Å². The van der Waals surface area contributed by atoms with Crippen LogP contribution in [0.4, 0.5) is 11.4 Å². The molecule has 0 N–H and O–H groups in total. The Hall–Kier alpha value is -4.18.